The van der Waals surface area contributed by atoms with Gasteiger partial charge in [-0.05, 0) is 5.56 Å². The van der Waals surface area contributed by atoms with Gasteiger partial charge in [-0.2, -0.15) is 41.3 Å². The summed E-state index contributed by atoms with van der Waals surface area (Å²) in [6.45, 7) is 1.42. The van der Waals surface area contributed by atoms with E-state index in [-0.39, 0.29) is 18.4 Å². The maximum absolute atomic E-state index is 12.9. The lowest BCUT2D eigenvalue weighted by atomic mass is 10.2. The van der Waals surface area contributed by atoms with Crippen LogP contribution in [-0.2, 0) is 11.3 Å². The van der Waals surface area contributed by atoms with Gasteiger partial charge in [0.1, 0.15) is 0 Å². The van der Waals surface area contributed by atoms with Crippen molar-refractivity contribution in [3.05, 3.63) is 35.9 Å². The molecule has 1 aliphatic heterocycles. The summed E-state index contributed by atoms with van der Waals surface area (Å²) >= 11 is 0. The lowest BCUT2D eigenvalue weighted by Gasteiger charge is -2.27. The van der Waals surface area contributed by atoms with Crippen LogP contribution >= 0.6 is 0 Å². The van der Waals surface area contributed by atoms with Crippen LogP contribution in [0.1, 0.15) is 5.56 Å². The van der Waals surface area contributed by atoms with E-state index in [1.54, 1.807) is 35.2 Å². The summed E-state index contributed by atoms with van der Waals surface area (Å²) in [5.41, 5.74) is 0.803. The minimum atomic E-state index is -5.69. The summed E-state index contributed by atoms with van der Waals surface area (Å²) in [5.74, 6) is -0.324. The predicted molar refractivity (Wildman–Crippen MR) is 93.2 cm³/mol. The van der Waals surface area contributed by atoms with E-state index in [0.29, 0.717) is 26.3 Å². The first kappa shape index (κ1) is 21.9. The number of nitrogens with one attached hydrogen (secondary N) is 1. The third-order valence-corrected chi connectivity index (χ3v) is 4.01. The van der Waals surface area contributed by atoms with Crippen molar-refractivity contribution in [3.63, 3.8) is 0 Å². The lowest BCUT2D eigenvalue weighted by molar-refractivity contribution is -0.301. The Bertz CT molecular complexity index is 814. The smallest absolute Gasteiger partial charge is 0.434 e. The van der Waals surface area contributed by atoms with Crippen LogP contribution in [0.25, 0.3) is 0 Å². The van der Waals surface area contributed by atoms with Crippen LogP contribution < -0.4 is 15.0 Å². The van der Waals surface area contributed by atoms with Crippen LogP contribution in [0.5, 0.6) is 6.01 Å². The number of anilines is 2. The van der Waals surface area contributed by atoms with Crippen molar-refractivity contribution in [2.75, 3.05) is 36.5 Å². The molecule has 3 rings (SSSR count). The number of hydrogen-bond donors (Lipinski definition) is 1. The first-order valence-corrected chi connectivity index (χ1v) is 8.79. The van der Waals surface area contributed by atoms with E-state index >= 15 is 0 Å². The molecule has 7 nitrogen and oxygen atoms in total. The number of hydrogen-bond acceptors (Lipinski definition) is 7. The van der Waals surface area contributed by atoms with E-state index < -0.39 is 24.5 Å². The topological polar surface area (TPSA) is 72.4 Å². The van der Waals surface area contributed by atoms with Crippen LogP contribution in [-0.4, -0.2) is 59.7 Å². The molecule has 0 radical (unpaired) electrons. The Kier molecular flexibility index (Phi) is 6.48. The molecule has 2 aromatic rings. The van der Waals surface area contributed by atoms with E-state index in [1.807, 2.05) is 0 Å². The molecule has 1 aromatic heterocycles. The molecule has 1 aromatic carbocycles. The molecular formula is C17H17F6N5O2. The SMILES string of the molecule is FC(F)(F)C(Oc1nc(NCc2ccccc2)nc(N2CCOCC2)n1)C(F)(F)F. The molecule has 30 heavy (non-hydrogen) atoms. The van der Waals surface area contributed by atoms with Gasteiger partial charge in [-0.15, -0.1) is 0 Å². The number of alkyl halides is 6. The second kappa shape index (κ2) is 8.90. The van der Waals surface area contributed by atoms with E-state index in [4.69, 9.17) is 4.74 Å². The number of ether oxygens (including phenoxy) is 2. The van der Waals surface area contributed by atoms with Crippen molar-refractivity contribution < 1.29 is 35.8 Å². The molecule has 1 saturated heterocycles. The van der Waals surface area contributed by atoms with Gasteiger partial charge < -0.3 is 19.7 Å². The largest absolute Gasteiger partial charge is 0.440 e. The number of nitrogens with zero attached hydrogens (tertiary/aromatic N) is 4. The first-order chi connectivity index (χ1) is 14.1. The van der Waals surface area contributed by atoms with Gasteiger partial charge in [0, 0.05) is 19.6 Å². The monoisotopic (exact) mass is 437 g/mol. The van der Waals surface area contributed by atoms with Gasteiger partial charge in [-0.25, -0.2) is 0 Å². The van der Waals surface area contributed by atoms with E-state index in [2.05, 4.69) is 25.0 Å². The second-order valence-electron chi connectivity index (χ2n) is 6.26. The minimum absolute atomic E-state index is 0.109. The quantitative estimate of drug-likeness (QED) is 0.696. The van der Waals surface area contributed by atoms with Gasteiger partial charge in [0.2, 0.25) is 11.9 Å². The summed E-state index contributed by atoms with van der Waals surface area (Å²) in [7, 11) is 0. The minimum Gasteiger partial charge on any atom is -0.440 e. The highest BCUT2D eigenvalue weighted by Crippen LogP contribution is 2.36. The summed E-state index contributed by atoms with van der Waals surface area (Å²) in [5, 5.41) is 2.77. The highest BCUT2D eigenvalue weighted by molar-refractivity contribution is 5.39. The Morgan fingerprint density at radius 2 is 1.60 bits per heavy atom. The van der Waals surface area contributed by atoms with Gasteiger partial charge in [-0.1, -0.05) is 30.3 Å². The van der Waals surface area contributed by atoms with E-state index in [0.717, 1.165) is 5.56 Å². The maximum Gasteiger partial charge on any atom is 0.434 e. The normalized spacial score (nSPS) is 15.4. The van der Waals surface area contributed by atoms with Crippen LogP contribution in [0.4, 0.5) is 38.2 Å². The molecule has 0 bridgehead atoms. The average Bonchev–Trinajstić information content (AvgIpc) is 2.70. The first-order valence-electron chi connectivity index (χ1n) is 8.79. The molecule has 1 N–H and O–H groups in total. The highest BCUT2D eigenvalue weighted by atomic mass is 19.4. The van der Waals surface area contributed by atoms with Gasteiger partial charge in [0.25, 0.3) is 6.10 Å². The number of aromatic nitrogens is 3. The molecule has 164 valence electrons. The third kappa shape index (κ3) is 5.84. The van der Waals surface area contributed by atoms with Crippen molar-refractivity contribution >= 4 is 11.9 Å². The second-order valence-corrected chi connectivity index (χ2v) is 6.26. The molecule has 0 unspecified atom stereocenters. The molecular weight excluding hydrogens is 420 g/mol. The average molecular weight is 437 g/mol. The Balaban J connectivity index is 1.88. The van der Waals surface area contributed by atoms with Gasteiger partial charge in [0.05, 0.1) is 13.2 Å². The molecule has 0 saturated carbocycles. The van der Waals surface area contributed by atoms with Gasteiger partial charge in [0.15, 0.2) is 0 Å². The molecule has 13 heteroatoms. The van der Waals surface area contributed by atoms with Crippen LogP contribution in [0.15, 0.2) is 30.3 Å². The number of halogens is 6. The lowest BCUT2D eigenvalue weighted by Crippen LogP contribution is -2.47. The van der Waals surface area contributed by atoms with Crippen molar-refractivity contribution in [1.29, 1.82) is 0 Å². The molecule has 0 amide bonds. The van der Waals surface area contributed by atoms with Crippen LogP contribution in [0.2, 0.25) is 0 Å². The summed E-state index contributed by atoms with van der Waals surface area (Å²) < 4.78 is 86.5. The van der Waals surface area contributed by atoms with Gasteiger partial charge in [-0.3, -0.25) is 0 Å². The Labute approximate surface area is 167 Å². The number of benzene rings is 1. The standard InChI is InChI=1S/C17H17F6N5O2/c18-16(19,20)12(17(21,22)23)30-15-26-13(24-10-11-4-2-1-3-5-11)25-14(27-15)28-6-8-29-9-7-28/h1-5,12H,6-10H2,(H,24,25,26,27). The fraction of sp³-hybridized carbons (Fsp3) is 0.471. The molecule has 0 spiro atoms. The molecule has 0 atom stereocenters. The molecule has 2 heterocycles. The fourth-order valence-corrected chi connectivity index (χ4v) is 2.58. The van der Waals surface area contributed by atoms with Crippen molar-refractivity contribution in [2.45, 2.75) is 25.0 Å². The zero-order valence-corrected chi connectivity index (χ0v) is 15.4. The molecule has 0 aliphatic carbocycles. The summed E-state index contributed by atoms with van der Waals surface area (Å²) in [6, 6.07) is 7.81. The summed E-state index contributed by atoms with van der Waals surface area (Å²) in [4.78, 5) is 12.9. The third-order valence-electron chi connectivity index (χ3n) is 4.01. The van der Waals surface area contributed by atoms with Crippen molar-refractivity contribution in [1.82, 2.24) is 15.0 Å². The molecule has 1 aliphatic rings. The van der Waals surface area contributed by atoms with E-state index in [1.165, 1.54) is 0 Å². The van der Waals surface area contributed by atoms with Gasteiger partial charge >= 0.3 is 18.4 Å². The fourth-order valence-electron chi connectivity index (χ4n) is 2.58. The Hall–Kier alpha value is -2.83. The number of morpholine rings is 1. The van der Waals surface area contributed by atoms with E-state index in [9.17, 15) is 26.3 Å². The van der Waals surface area contributed by atoms with Crippen LogP contribution in [0, 0.1) is 0 Å². The van der Waals surface area contributed by atoms with Crippen molar-refractivity contribution in [2.24, 2.45) is 0 Å². The van der Waals surface area contributed by atoms with Crippen LogP contribution in [0.3, 0.4) is 0 Å². The zero-order chi connectivity index (χ0) is 21.8. The van der Waals surface area contributed by atoms with Crippen molar-refractivity contribution in [3.8, 4) is 6.01 Å². The maximum atomic E-state index is 12.9. The Morgan fingerprint density at radius 3 is 2.20 bits per heavy atom. The predicted octanol–water partition coefficient (Wildman–Crippen LogP) is 3.19. The number of rotatable bonds is 6. The molecule has 1 fully saturated rings. The Morgan fingerprint density at radius 1 is 0.967 bits per heavy atom. The highest BCUT2D eigenvalue weighted by Gasteiger charge is 2.59. The summed E-state index contributed by atoms with van der Waals surface area (Å²) in [6.07, 6.45) is -15.4. The zero-order valence-electron chi connectivity index (χ0n) is 15.4.